The van der Waals surface area contributed by atoms with E-state index < -0.39 is 11.7 Å². The van der Waals surface area contributed by atoms with Crippen molar-refractivity contribution >= 4 is 6.08 Å². The van der Waals surface area contributed by atoms with Crippen molar-refractivity contribution in [1.29, 1.82) is 0 Å². The molecule has 0 unspecified atom stereocenters. The maximum atomic E-state index is 12.4. The molecule has 1 nitrogen and oxygen atoms in total. The van der Waals surface area contributed by atoms with Gasteiger partial charge in [-0.2, -0.15) is 13.2 Å². The fourth-order valence-electron chi connectivity index (χ4n) is 1.56. The van der Waals surface area contributed by atoms with E-state index in [1.807, 2.05) is 0 Å². The van der Waals surface area contributed by atoms with Crippen LogP contribution in [0.1, 0.15) is 11.1 Å². The molecule has 1 aromatic carbocycles. The van der Waals surface area contributed by atoms with Crippen molar-refractivity contribution < 1.29 is 13.2 Å². The van der Waals surface area contributed by atoms with Gasteiger partial charge in [0.15, 0.2) is 0 Å². The smallest absolute Gasteiger partial charge is 0.256 e. The molecule has 0 amide bonds. The summed E-state index contributed by atoms with van der Waals surface area (Å²) in [6.45, 7) is 3.64. The van der Waals surface area contributed by atoms with Gasteiger partial charge in [0.25, 0.3) is 0 Å². The largest absolute Gasteiger partial charge is 0.416 e. The molecule has 18 heavy (non-hydrogen) atoms. The zero-order chi connectivity index (χ0) is 13.2. The normalized spacial score (nSPS) is 11.3. The second-order valence-corrected chi connectivity index (χ2v) is 3.75. The summed E-state index contributed by atoms with van der Waals surface area (Å²) in [6.07, 6.45) is -1.05. The molecule has 0 bridgehead atoms. The van der Waals surface area contributed by atoms with E-state index in [-0.39, 0.29) is 0 Å². The number of benzene rings is 1. The highest BCUT2D eigenvalue weighted by molar-refractivity contribution is 5.63. The number of alkyl halides is 3. The Morgan fingerprint density at radius 2 is 1.72 bits per heavy atom. The molecule has 0 atom stereocenters. The first-order chi connectivity index (χ1) is 8.50. The highest BCUT2D eigenvalue weighted by Gasteiger charge is 2.29. The molecule has 0 aliphatic heterocycles. The van der Waals surface area contributed by atoms with E-state index in [2.05, 4.69) is 11.6 Å². The van der Waals surface area contributed by atoms with Crippen LogP contribution in [0.25, 0.3) is 17.3 Å². The van der Waals surface area contributed by atoms with Crippen LogP contribution in [0.2, 0.25) is 0 Å². The van der Waals surface area contributed by atoms with Gasteiger partial charge in [0.1, 0.15) is 0 Å². The van der Waals surface area contributed by atoms with Crippen molar-refractivity contribution in [1.82, 2.24) is 4.98 Å². The molecule has 0 saturated heterocycles. The van der Waals surface area contributed by atoms with Crippen molar-refractivity contribution in [3.8, 4) is 11.3 Å². The highest BCUT2D eigenvalue weighted by atomic mass is 19.4. The number of rotatable bonds is 2. The molecule has 92 valence electrons. The van der Waals surface area contributed by atoms with E-state index >= 15 is 0 Å². The molecule has 0 fully saturated rings. The molecule has 0 radical (unpaired) electrons. The van der Waals surface area contributed by atoms with Gasteiger partial charge in [0.05, 0.1) is 11.3 Å². The summed E-state index contributed by atoms with van der Waals surface area (Å²) in [7, 11) is 0. The average Bonchev–Trinajstić information content (AvgIpc) is 2.38. The predicted molar refractivity (Wildman–Crippen MR) is 64.8 cm³/mol. The number of hydrogen-bond acceptors (Lipinski definition) is 1. The Hall–Kier alpha value is -2.10. The Bertz CT molecular complexity index is 556. The van der Waals surface area contributed by atoms with Gasteiger partial charge >= 0.3 is 6.18 Å². The summed E-state index contributed by atoms with van der Waals surface area (Å²) in [5.74, 6) is 0. The molecular weight excluding hydrogens is 239 g/mol. The minimum absolute atomic E-state index is 0.626. The van der Waals surface area contributed by atoms with Gasteiger partial charge in [0.2, 0.25) is 0 Å². The Morgan fingerprint density at radius 3 is 2.28 bits per heavy atom. The number of hydrogen-bond donors (Lipinski definition) is 0. The van der Waals surface area contributed by atoms with E-state index in [1.54, 1.807) is 24.4 Å². The van der Waals surface area contributed by atoms with Crippen molar-refractivity contribution in [2.24, 2.45) is 0 Å². The van der Waals surface area contributed by atoms with Crippen molar-refractivity contribution in [2.75, 3.05) is 0 Å². The van der Waals surface area contributed by atoms with E-state index in [0.29, 0.717) is 11.3 Å². The Balaban J connectivity index is 2.37. The van der Waals surface area contributed by atoms with Crippen molar-refractivity contribution in [2.45, 2.75) is 6.18 Å². The lowest BCUT2D eigenvalue weighted by atomic mass is 10.1. The zero-order valence-electron chi connectivity index (χ0n) is 9.41. The van der Waals surface area contributed by atoms with Gasteiger partial charge in [-0.1, -0.05) is 24.8 Å². The lowest BCUT2D eigenvalue weighted by Gasteiger charge is -2.07. The minimum atomic E-state index is -4.31. The van der Waals surface area contributed by atoms with Gasteiger partial charge in [-0.05, 0) is 29.8 Å². The van der Waals surface area contributed by atoms with Crippen molar-refractivity contribution in [3.05, 3.63) is 60.3 Å². The predicted octanol–water partition coefficient (Wildman–Crippen LogP) is 4.41. The van der Waals surface area contributed by atoms with E-state index in [9.17, 15) is 13.2 Å². The number of halogens is 3. The molecule has 0 N–H and O–H groups in total. The monoisotopic (exact) mass is 249 g/mol. The third-order valence-electron chi connectivity index (χ3n) is 2.53. The number of nitrogens with zero attached hydrogens (tertiary/aromatic N) is 1. The topological polar surface area (TPSA) is 12.9 Å². The molecular formula is C14H10F3N. The van der Waals surface area contributed by atoms with Gasteiger partial charge in [-0.3, -0.25) is 4.98 Å². The summed E-state index contributed by atoms with van der Waals surface area (Å²) in [5.41, 5.74) is 1.49. The third kappa shape index (κ3) is 2.59. The maximum Gasteiger partial charge on any atom is 0.416 e. The second kappa shape index (κ2) is 4.64. The van der Waals surface area contributed by atoms with Gasteiger partial charge in [0, 0.05) is 11.8 Å². The third-order valence-corrected chi connectivity index (χ3v) is 2.53. The van der Waals surface area contributed by atoms with E-state index in [4.69, 9.17) is 0 Å². The summed E-state index contributed by atoms with van der Waals surface area (Å²) >= 11 is 0. The van der Waals surface area contributed by atoms with Crippen LogP contribution >= 0.6 is 0 Å². The lowest BCUT2D eigenvalue weighted by molar-refractivity contribution is -0.137. The summed E-state index contributed by atoms with van der Waals surface area (Å²) in [5, 5.41) is 0. The van der Waals surface area contributed by atoms with Crippen LogP contribution in [0.15, 0.2) is 49.2 Å². The molecule has 4 heteroatoms. The van der Waals surface area contributed by atoms with E-state index in [1.165, 1.54) is 12.1 Å². The van der Waals surface area contributed by atoms with Crippen LogP contribution in [0.5, 0.6) is 0 Å². The molecule has 0 saturated carbocycles. The molecule has 2 aromatic rings. The first-order valence-corrected chi connectivity index (χ1v) is 5.27. The van der Waals surface area contributed by atoms with Gasteiger partial charge in [-0.15, -0.1) is 0 Å². The van der Waals surface area contributed by atoms with Gasteiger partial charge < -0.3 is 0 Å². The minimum Gasteiger partial charge on any atom is -0.256 e. The van der Waals surface area contributed by atoms with Crippen LogP contribution in [0.4, 0.5) is 13.2 Å². The van der Waals surface area contributed by atoms with Crippen LogP contribution in [-0.4, -0.2) is 4.98 Å². The molecule has 0 spiro atoms. The summed E-state index contributed by atoms with van der Waals surface area (Å²) < 4.78 is 37.2. The molecule has 0 aliphatic carbocycles. The summed E-state index contributed by atoms with van der Waals surface area (Å²) in [4.78, 5) is 4.12. The van der Waals surface area contributed by atoms with Crippen LogP contribution < -0.4 is 0 Å². The van der Waals surface area contributed by atoms with Crippen molar-refractivity contribution in [3.63, 3.8) is 0 Å². The fourth-order valence-corrected chi connectivity index (χ4v) is 1.56. The van der Waals surface area contributed by atoms with Crippen LogP contribution in [-0.2, 0) is 6.18 Å². The maximum absolute atomic E-state index is 12.4. The highest BCUT2D eigenvalue weighted by Crippen LogP contribution is 2.30. The zero-order valence-corrected chi connectivity index (χ0v) is 9.41. The first kappa shape index (κ1) is 12.4. The second-order valence-electron chi connectivity index (χ2n) is 3.75. The summed E-state index contributed by atoms with van der Waals surface area (Å²) in [6, 6.07) is 8.49. The Kier molecular flexibility index (Phi) is 3.19. The molecule has 0 aliphatic rings. The van der Waals surface area contributed by atoms with Crippen LogP contribution in [0.3, 0.4) is 0 Å². The quantitative estimate of drug-likeness (QED) is 0.768. The van der Waals surface area contributed by atoms with Crippen LogP contribution in [0, 0.1) is 0 Å². The van der Waals surface area contributed by atoms with Gasteiger partial charge in [-0.25, -0.2) is 0 Å². The number of aromatic nitrogens is 1. The van der Waals surface area contributed by atoms with E-state index in [0.717, 1.165) is 17.7 Å². The lowest BCUT2D eigenvalue weighted by Crippen LogP contribution is -2.04. The fraction of sp³-hybridized carbons (Fsp3) is 0.0714. The first-order valence-electron chi connectivity index (χ1n) is 5.27. The molecule has 2 rings (SSSR count). The molecule has 1 heterocycles. The SMILES string of the molecule is C=Cc1ccnc(-c2ccc(C(F)(F)F)cc2)c1. The Morgan fingerprint density at radius 1 is 1.06 bits per heavy atom. The molecule has 1 aromatic heterocycles. The Labute approximate surface area is 103 Å². The number of pyridine rings is 1. The average molecular weight is 249 g/mol. The standard InChI is InChI=1S/C14H10F3N/c1-2-10-7-8-18-13(9-10)11-3-5-12(6-4-11)14(15,16)17/h2-9H,1H2.